The van der Waals surface area contributed by atoms with E-state index < -0.39 is 4.92 Å². The molecule has 0 saturated heterocycles. The summed E-state index contributed by atoms with van der Waals surface area (Å²) in [6.07, 6.45) is 9.88. The Labute approximate surface area is 134 Å². The van der Waals surface area contributed by atoms with Crippen LogP contribution < -0.4 is 5.43 Å². The molecule has 1 fully saturated rings. The minimum Gasteiger partial charge on any atom is -0.273 e. The summed E-state index contributed by atoms with van der Waals surface area (Å²) in [6.45, 7) is 0. The fourth-order valence-electron chi connectivity index (χ4n) is 3.44. The summed E-state index contributed by atoms with van der Waals surface area (Å²) >= 11 is 0. The molecule has 1 aromatic carbocycles. The molecule has 1 saturated carbocycles. The van der Waals surface area contributed by atoms with Gasteiger partial charge in [0.15, 0.2) is 0 Å². The maximum absolute atomic E-state index is 12.2. The van der Waals surface area contributed by atoms with E-state index in [2.05, 4.69) is 22.7 Å². The number of rotatable bonds is 4. The van der Waals surface area contributed by atoms with E-state index >= 15 is 0 Å². The van der Waals surface area contributed by atoms with Crippen molar-refractivity contribution in [2.24, 2.45) is 22.9 Å². The first-order valence-corrected chi connectivity index (χ1v) is 7.90. The van der Waals surface area contributed by atoms with Crippen molar-refractivity contribution in [2.45, 2.75) is 25.7 Å². The molecule has 2 aliphatic carbocycles. The molecule has 120 valence electrons. The van der Waals surface area contributed by atoms with Crippen LogP contribution in [0.5, 0.6) is 0 Å². The van der Waals surface area contributed by atoms with Crippen LogP contribution in [0.2, 0.25) is 0 Å². The number of hydrazone groups is 1. The van der Waals surface area contributed by atoms with Crippen molar-refractivity contribution in [2.75, 3.05) is 0 Å². The summed E-state index contributed by atoms with van der Waals surface area (Å²) < 4.78 is 0. The molecule has 0 heterocycles. The standard InChI is InChI=1S/C17H19N3O3/c21-17(16-13-8-3-1-2-4-9-14(13)16)19-18-11-12-7-5-6-10-15(12)20(22)23/h1-2,5-7,10-11,13-14,16H,3-4,8-9H2,(H,19,21)/b2-1-,18-11+. The van der Waals surface area contributed by atoms with Crippen molar-refractivity contribution in [3.8, 4) is 0 Å². The average Bonchev–Trinajstić information content (AvgIpc) is 3.18. The lowest BCUT2D eigenvalue weighted by Gasteiger charge is -1.99. The molecular formula is C17H19N3O3. The predicted octanol–water partition coefficient (Wildman–Crippen LogP) is 3.04. The smallest absolute Gasteiger partial charge is 0.273 e. The number of para-hydroxylation sites is 1. The second-order valence-corrected chi connectivity index (χ2v) is 6.03. The van der Waals surface area contributed by atoms with Crippen LogP contribution in [0.1, 0.15) is 31.2 Å². The van der Waals surface area contributed by atoms with Crippen LogP contribution in [-0.4, -0.2) is 17.0 Å². The molecule has 0 radical (unpaired) electrons. The number of amides is 1. The Kier molecular flexibility index (Phi) is 4.50. The SMILES string of the molecule is O=C(N/N=C/c1ccccc1[N+](=O)[O-])C1C2CC/C=C\CCC21. The number of carbonyl (C=O) groups is 1. The van der Waals surface area contributed by atoms with Crippen molar-refractivity contribution < 1.29 is 9.72 Å². The van der Waals surface area contributed by atoms with E-state index in [0.717, 1.165) is 25.7 Å². The average molecular weight is 313 g/mol. The van der Waals surface area contributed by atoms with Crippen LogP contribution in [0.4, 0.5) is 5.69 Å². The molecule has 0 aliphatic heterocycles. The highest BCUT2D eigenvalue weighted by molar-refractivity contribution is 5.87. The van der Waals surface area contributed by atoms with Gasteiger partial charge in [0.25, 0.3) is 5.69 Å². The van der Waals surface area contributed by atoms with Gasteiger partial charge in [-0.15, -0.1) is 0 Å². The second kappa shape index (κ2) is 6.73. The minimum atomic E-state index is -0.460. The second-order valence-electron chi connectivity index (χ2n) is 6.03. The molecule has 1 aromatic rings. The summed E-state index contributed by atoms with van der Waals surface area (Å²) in [5.74, 6) is 0.886. The number of nitro groups is 1. The number of hydrogen-bond acceptors (Lipinski definition) is 4. The van der Waals surface area contributed by atoms with Crippen LogP contribution in [0.3, 0.4) is 0 Å². The Bertz CT molecular complexity index is 653. The third kappa shape index (κ3) is 3.47. The van der Waals surface area contributed by atoms with E-state index in [1.165, 1.54) is 12.3 Å². The molecule has 6 heteroatoms. The van der Waals surface area contributed by atoms with Gasteiger partial charge in [-0.1, -0.05) is 24.3 Å². The first-order valence-electron chi connectivity index (χ1n) is 7.90. The van der Waals surface area contributed by atoms with Crippen molar-refractivity contribution >= 4 is 17.8 Å². The largest absolute Gasteiger partial charge is 0.278 e. The zero-order valence-corrected chi connectivity index (χ0v) is 12.7. The van der Waals surface area contributed by atoms with Crippen LogP contribution in [0, 0.1) is 27.9 Å². The van der Waals surface area contributed by atoms with Gasteiger partial charge in [-0.05, 0) is 43.6 Å². The van der Waals surface area contributed by atoms with Gasteiger partial charge < -0.3 is 0 Å². The number of allylic oxidation sites excluding steroid dienone is 2. The maximum Gasteiger partial charge on any atom is 0.278 e. The van der Waals surface area contributed by atoms with Crippen LogP contribution in [0.15, 0.2) is 41.5 Å². The Balaban J connectivity index is 1.59. The van der Waals surface area contributed by atoms with Crippen LogP contribution >= 0.6 is 0 Å². The molecular weight excluding hydrogens is 294 g/mol. The topological polar surface area (TPSA) is 84.6 Å². The Morgan fingerprint density at radius 2 is 1.87 bits per heavy atom. The number of carbonyl (C=O) groups excluding carboxylic acids is 1. The van der Waals surface area contributed by atoms with Gasteiger partial charge in [0.2, 0.25) is 5.91 Å². The van der Waals surface area contributed by atoms with Gasteiger partial charge in [0, 0.05) is 12.0 Å². The van der Waals surface area contributed by atoms with Gasteiger partial charge in [0.05, 0.1) is 16.7 Å². The molecule has 1 amide bonds. The Morgan fingerprint density at radius 1 is 1.22 bits per heavy atom. The fraction of sp³-hybridized carbons (Fsp3) is 0.412. The van der Waals surface area contributed by atoms with E-state index in [4.69, 9.17) is 0 Å². The van der Waals surface area contributed by atoms with E-state index in [0.29, 0.717) is 17.4 Å². The number of benzene rings is 1. The highest BCUT2D eigenvalue weighted by Crippen LogP contribution is 2.52. The molecule has 0 bridgehead atoms. The zero-order chi connectivity index (χ0) is 16.2. The quantitative estimate of drug-likeness (QED) is 0.401. The lowest BCUT2D eigenvalue weighted by molar-refractivity contribution is -0.385. The molecule has 23 heavy (non-hydrogen) atoms. The predicted molar refractivity (Wildman–Crippen MR) is 86.9 cm³/mol. The fourth-order valence-corrected chi connectivity index (χ4v) is 3.44. The summed E-state index contributed by atoms with van der Waals surface area (Å²) in [4.78, 5) is 22.7. The Hall–Kier alpha value is -2.50. The van der Waals surface area contributed by atoms with Crippen molar-refractivity contribution in [1.82, 2.24) is 5.43 Å². The van der Waals surface area contributed by atoms with E-state index in [1.807, 2.05) is 0 Å². The number of nitrogens with one attached hydrogen (secondary N) is 1. The maximum atomic E-state index is 12.2. The summed E-state index contributed by atoms with van der Waals surface area (Å²) in [6, 6.07) is 6.32. The first-order chi connectivity index (χ1) is 11.2. The highest BCUT2D eigenvalue weighted by atomic mass is 16.6. The lowest BCUT2D eigenvalue weighted by atomic mass is 10.1. The van der Waals surface area contributed by atoms with Gasteiger partial charge in [0.1, 0.15) is 0 Å². The van der Waals surface area contributed by atoms with Crippen LogP contribution in [-0.2, 0) is 4.79 Å². The highest BCUT2D eigenvalue weighted by Gasteiger charge is 2.53. The first kappa shape index (κ1) is 15.4. The molecule has 1 N–H and O–H groups in total. The number of hydrogen-bond donors (Lipinski definition) is 1. The van der Waals surface area contributed by atoms with Gasteiger partial charge in [-0.2, -0.15) is 5.10 Å². The molecule has 2 aliphatic rings. The van der Waals surface area contributed by atoms with E-state index in [9.17, 15) is 14.9 Å². The lowest BCUT2D eigenvalue weighted by Crippen LogP contribution is -2.21. The van der Waals surface area contributed by atoms with E-state index in [-0.39, 0.29) is 17.5 Å². The molecule has 0 spiro atoms. The minimum absolute atomic E-state index is 0.0235. The van der Waals surface area contributed by atoms with Gasteiger partial charge in [-0.3, -0.25) is 14.9 Å². The van der Waals surface area contributed by atoms with Gasteiger partial charge >= 0.3 is 0 Å². The van der Waals surface area contributed by atoms with Crippen molar-refractivity contribution in [1.29, 1.82) is 0 Å². The van der Waals surface area contributed by atoms with Crippen LogP contribution in [0.25, 0.3) is 0 Å². The third-order valence-corrected chi connectivity index (χ3v) is 4.65. The number of nitro benzene ring substituents is 1. The summed E-state index contributed by atoms with van der Waals surface area (Å²) in [5.41, 5.74) is 2.90. The number of nitrogens with zero attached hydrogens (tertiary/aromatic N) is 2. The van der Waals surface area contributed by atoms with Gasteiger partial charge in [-0.25, -0.2) is 5.43 Å². The zero-order valence-electron chi connectivity index (χ0n) is 12.7. The summed E-state index contributed by atoms with van der Waals surface area (Å²) in [5, 5.41) is 14.8. The molecule has 0 aromatic heterocycles. The molecule has 2 unspecified atom stereocenters. The monoisotopic (exact) mass is 313 g/mol. The molecule has 6 nitrogen and oxygen atoms in total. The Morgan fingerprint density at radius 3 is 2.52 bits per heavy atom. The molecule has 2 atom stereocenters. The van der Waals surface area contributed by atoms with Crippen molar-refractivity contribution in [3.05, 3.63) is 52.1 Å². The van der Waals surface area contributed by atoms with Crippen molar-refractivity contribution in [3.63, 3.8) is 0 Å². The third-order valence-electron chi connectivity index (χ3n) is 4.65. The number of fused-ring (bicyclic) bond motifs is 1. The summed E-state index contributed by atoms with van der Waals surface area (Å²) in [7, 11) is 0. The normalized spacial score (nSPS) is 27.6. The van der Waals surface area contributed by atoms with E-state index in [1.54, 1.807) is 18.2 Å². The molecule has 3 rings (SSSR count).